The van der Waals surface area contributed by atoms with Crippen molar-refractivity contribution in [1.82, 2.24) is 14.5 Å². The number of hydrogen-bond donors (Lipinski definition) is 0. The summed E-state index contributed by atoms with van der Waals surface area (Å²) in [6.45, 7) is 0. The van der Waals surface area contributed by atoms with Crippen LogP contribution in [-0.4, -0.2) is 14.5 Å². The number of furan rings is 1. The van der Waals surface area contributed by atoms with E-state index in [9.17, 15) is 0 Å². The molecule has 0 bridgehead atoms. The van der Waals surface area contributed by atoms with E-state index < -0.39 is 0 Å². The topological polar surface area (TPSA) is 43.9 Å². The van der Waals surface area contributed by atoms with Crippen LogP contribution in [-0.2, 0) is 0 Å². The minimum absolute atomic E-state index is 0.661. The smallest absolute Gasteiger partial charge is 0.160 e. The zero-order valence-corrected chi connectivity index (χ0v) is 30.1. The summed E-state index contributed by atoms with van der Waals surface area (Å²) < 4.78 is 9.21. The van der Waals surface area contributed by atoms with E-state index in [1.165, 1.54) is 37.8 Å². The third-order valence-corrected chi connectivity index (χ3v) is 11.4. The Balaban J connectivity index is 1.16. The van der Waals surface area contributed by atoms with Crippen LogP contribution in [0, 0.1) is 0 Å². The number of nitrogens with zero attached hydrogens (tertiary/aromatic N) is 3. The van der Waals surface area contributed by atoms with Gasteiger partial charge in [0.2, 0.25) is 0 Å². The van der Waals surface area contributed by atoms with E-state index >= 15 is 0 Å². The summed E-state index contributed by atoms with van der Waals surface area (Å²) in [5.41, 5.74) is 9.93. The second-order valence-corrected chi connectivity index (χ2v) is 14.6. The van der Waals surface area contributed by atoms with Gasteiger partial charge in [-0.05, 0) is 52.6 Å². The van der Waals surface area contributed by atoms with E-state index in [2.05, 4.69) is 180 Å². The summed E-state index contributed by atoms with van der Waals surface area (Å²) in [5.74, 6) is 0.661. The molecule has 4 heteroatoms. The van der Waals surface area contributed by atoms with E-state index in [4.69, 9.17) is 14.4 Å². The Labute approximate surface area is 321 Å². The van der Waals surface area contributed by atoms with Crippen molar-refractivity contribution in [2.75, 3.05) is 0 Å². The SMILES string of the molecule is c1ccc(-c2cc(-c3ccc4ccccc4c3)nc(-c3ccc4c(-n5c6ccccc6c6ccc7ccccc7c65)cc5c6ccccc6oc5c4c3)n2)cc1. The molecule has 0 atom stereocenters. The van der Waals surface area contributed by atoms with Crippen molar-refractivity contribution >= 4 is 76.1 Å². The van der Waals surface area contributed by atoms with Crippen LogP contribution in [0.25, 0.3) is 116 Å². The van der Waals surface area contributed by atoms with E-state index in [-0.39, 0.29) is 0 Å². The average Bonchev–Trinajstić information content (AvgIpc) is 3.82. The molecule has 3 aromatic heterocycles. The van der Waals surface area contributed by atoms with Crippen molar-refractivity contribution in [2.45, 2.75) is 0 Å². The van der Waals surface area contributed by atoms with Gasteiger partial charge in [0.1, 0.15) is 11.2 Å². The lowest BCUT2D eigenvalue weighted by Gasteiger charge is -2.15. The maximum Gasteiger partial charge on any atom is 0.160 e. The molecule has 0 aliphatic heterocycles. The van der Waals surface area contributed by atoms with Crippen LogP contribution in [0.3, 0.4) is 0 Å². The highest BCUT2D eigenvalue weighted by molar-refractivity contribution is 6.22. The Morgan fingerprint density at radius 3 is 1.89 bits per heavy atom. The zero-order valence-electron chi connectivity index (χ0n) is 30.1. The van der Waals surface area contributed by atoms with Gasteiger partial charge < -0.3 is 8.98 Å². The van der Waals surface area contributed by atoms with E-state index in [0.717, 1.165) is 72.0 Å². The lowest BCUT2D eigenvalue weighted by atomic mass is 10.00. The van der Waals surface area contributed by atoms with Gasteiger partial charge in [0.25, 0.3) is 0 Å². The molecule has 9 aromatic carbocycles. The first-order chi connectivity index (χ1) is 27.7. The Morgan fingerprint density at radius 2 is 1.02 bits per heavy atom. The maximum atomic E-state index is 6.75. The molecule has 0 fully saturated rings. The molecule has 0 saturated carbocycles. The highest BCUT2D eigenvalue weighted by atomic mass is 16.3. The molecule has 12 rings (SSSR count). The number of fused-ring (bicyclic) bond motifs is 11. The molecule has 3 heterocycles. The van der Waals surface area contributed by atoms with Gasteiger partial charge in [0, 0.05) is 54.4 Å². The summed E-state index contributed by atoms with van der Waals surface area (Å²) in [6, 6.07) is 66.7. The van der Waals surface area contributed by atoms with Crippen LogP contribution in [0.15, 0.2) is 192 Å². The van der Waals surface area contributed by atoms with Gasteiger partial charge in [-0.2, -0.15) is 0 Å². The largest absolute Gasteiger partial charge is 0.455 e. The van der Waals surface area contributed by atoms with Gasteiger partial charge in [-0.25, -0.2) is 9.97 Å². The normalized spacial score (nSPS) is 11.9. The van der Waals surface area contributed by atoms with Crippen LogP contribution < -0.4 is 0 Å². The summed E-state index contributed by atoms with van der Waals surface area (Å²) in [7, 11) is 0. The first kappa shape index (κ1) is 30.9. The number of benzene rings is 9. The predicted octanol–water partition coefficient (Wildman–Crippen LogP) is 13.9. The molecule has 0 aliphatic rings. The Morgan fingerprint density at radius 1 is 0.375 bits per heavy atom. The molecular weight excluding hydrogens is 683 g/mol. The Kier molecular flexibility index (Phi) is 6.60. The minimum Gasteiger partial charge on any atom is -0.455 e. The molecule has 0 saturated heterocycles. The maximum absolute atomic E-state index is 6.75. The summed E-state index contributed by atoms with van der Waals surface area (Å²) in [4.78, 5) is 10.5. The third-order valence-electron chi connectivity index (χ3n) is 11.4. The molecule has 12 aromatic rings. The van der Waals surface area contributed by atoms with Crippen LogP contribution >= 0.6 is 0 Å². The van der Waals surface area contributed by atoms with Gasteiger partial charge in [-0.3, -0.25) is 0 Å². The molecule has 0 spiro atoms. The molecule has 0 unspecified atom stereocenters. The van der Waals surface area contributed by atoms with Crippen molar-refractivity contribution in [1.29, 1.82) is 0 Å². The number of aromatic nitrogens is 3. The van der Waals surface area contributed by atoms with Crippen molar-refractivity contribution in [2.24, 2.45) is 0 Å². The van der Waals surface area contributed by atoms with Crippen molar-refractivity contribution < 1.29 is 4.42 Å². The summed E-state index contributed by atoms with van der Waals surface area (Å²) >= 11 is 0. The van der Waals surface area contributed by atoms with E-state index in [1.807, 2.05) is 12.1 Å². The molecule has 260 valence electrons. The standard InChI is InChI=1S/C52H31N3O/c1-2-14-34(15-3-1)45-31-46(36-23-22-32-12-4-5-16-35(32)28-36)54-52(53-45)37-25-26-40-43(29-37)51-44(41-19-9-11-21-49(41)56-51)30-48(40)55-47-20-10-8-18-39(47)42-27-24-33-13-6-7-17-38(33)50(42)55/h1-31H. The highest BCUT2D eigenvalue weighted by Crippen LogP contribution is 2.43. The van der Waals surface area contributed by atoms with Gasteiger partial charge in [0.05, 0.1) is 28.1 Å². The Bertz CT molecular complexity index is 3540. The lowest BCUT2D eigenvalue weighted by Crippen LogP contribution is -1.98. The zero-order chi connectivity index (χ0) is 36.7. The van der Waals surface area contributed by atoms with Crippen LogP contribution in [0.1, 0.15) is 0 Å². The summed E-state index contributed by atoms with van der Waals surface area (Å²) in [6.07, 6.45) is 0. The fourth-order valence-corrected chi connectivity index (χ4v) is 8.71. The fraction of sp³-hybridized carbons (Fsp3) is 0. The quantitative estimate of drug-likeness (QED) is 0.182. The van der Waals surface area contributed by atoms with Crippen molar-refractivity contribution in [3.05, 3.63) is 188 Å². The van der Waals surface area contributed by atoms with Gasteiger partial charge in [0.15, 0.2) is 5.82 Å². The third kappa shape index (κ3) is 4.66. The average molecular weight is 714 g/mol. The molecule has 4 nitrogen and oxygen atoms in total. The van der Waals surface area contributed by atoms with Crippen LogP contribution in [0.5, 0.6) is 0 Å². The molecule has 0 N–H and O–H groups in total. The fourth-order valence-electron chi connectivity index (χ4n) is 8.71. The van der Waals surface area contributed by atoms with Crippen molar-refractivity contribution in [3.8, 4) is 39.6 Å². The molecular formula is C52H31N3O. The monoisotopic (exact) mass is 713 g/mol. The summed E-state index contributed by atoms with van der Waals surface area (Å²) in [5, 5.41) is 11.5. The molecule has 0 amide bonds. The number of hydrogen-bond acceptors (Lipinski definition) is 3. The number of rotatable bonds is 4. The van der Waals surface area contributed by atoms with Gasteiger partial charge in [-0.15, -0.1) is 0 Å². The molecule has 56 heavy (non-hydrogen) atoms. The lowest BCUT2D eigenvalue weighted by molar-refractivity contribution is 0.672. The second-order valence-electron chi connectivity index (χ2n) is 14.6. The number of para-hydroxylation sites is 2. The van der Waals surface area contributed by atoms with E-state index in [0.29, 0.717) is 5.82 Å². The predicted molar refractivity (Wildman–Crippen MR) is 232 cm³/mol. The van der Waals surface area contributed by atoms with Gasteiger partial charge >= 0.3 is 0 Å². The first-order valence-corrected chi connectivity index (χ1v) is 19.0. The first-order valence-electron chi connectivity index (χ1n) is 19.0. The van der Waals surface area contributed by atoms with Crippen LogP contribution in [0.4, 0.5) is 0 Å². The van der Waals surface area contributed by atoms with E-state index in [1.54, 1.807) is 0 Å². The Hall–Kier alpha value is -7.56. The molecule has 0 aliphatic carbocycles. The minimum atomic E-state index is 0.661. The molecule has 0 radical (unpaired) electrons. The van der Waals surface area contributed by atoms with Gasteiger partial charge in [-0.1, -0.05) is 152 Å². The van der Waals surface area contributed by atoms with Crippen molar-refractivity contribution in [3.63, 3.8) is 0 Å². The highest BCUT2D eigenvalue weighted by Gasteiger charge is 2.21. The van der Waals surface area contributed by atoms with Crippen LogP contribution in [0.2, 0.25) is 0 Å². The second kappa shape index (κ2) is 12.0.